The number of rotatable bonds is 7. The van der Waals surface area contributed by atoms with Crippen molar-refractivity contribution in [2.24, 2.45) is 0 Å². The minimum atomic E-state index is -0.266. The van der Waals surface area contributed by atoms with Gasteiger partial charge < -0.3 is 9.64 Å². The van der Waals surface area contributed by atoms with Gasteiger partial charge in [-0.3, -0.25) is 10.1 Å². The largest absolute Gasteiger partial charge is 0.381 e. The van der Waals surface area contributed by atoms with Crippen molar-refractivity contribution in [1.29, 1.82) is 0 Å². The minimum absolute atomic E-state index is 0.0785. The Kier molecular flexibility index (Phi) is 5.49. The van der Waals surface area contributed by atoms with E-state index in [0.29, 0.717) is 19.7 Å². The molecule has 0 aliphatic carbocycles. The Hall–Kier alpha value is -1.46. The zero-order valence-corrected chi connectivity index (χ0v) is 11.8. The lowest BCUT2D eigenvalue weighted by molar-refractivity contribution is -0.128. The normalized spacial score (nSPS) is 18.8. The van der Waals surface area contributed by atoms with Crippen LogP contribution in [0.5, 0.6) is 0 Å². The molecule has 1 fully saturated rings. The molecule has 0 spiro atoms. The lowest BCUT2D eigenvalue weighted by Crippen LogP contribution is -2.31. The van der Waals surface area contributed by atoms with E-state index in [1.807, 2.05) is 0 Å². The molecule has 0 aromatic heterocycles. The molecule has 1 aromatic carbocycles. The zero-order valence-electron chi connectivity index (χ0n) is 11.8. The smallest absolute Gasteiger partial charge is 0.238 e. The van der Waals surface area contributed by atoms with E-state index in [4.69, 9.17) is 4.74 Å². The molecule has 2 rings (SSSR count). The van der Waals surface area contributed by atoms with Crippen LogP contribution in [0.3, 0.4) is 0 Å². The first-order valence-electron chi connectivity index (χ1n) is 7.08. The van der Waals surface area contributed by atoms with Gasteiger partial charge in [0.1, 0.15) is 12.0 Å². The van der Waals surface area contributed by atoms with E-state index in [1.165, 1.54) is 12.1 Å². The molecule has 1 N–H and O–H groups in total. The van der Waals surface area contributed by atoms with Crippen LogP contribution < -0.4 is 5.32 Å². The van der Waals surface area contributed by atoms with Gasteiger partial charge in [0, 0.05) is 19.8 Å². The molecule has 0 radical (unpaired) electrons. The molecule has 1 aliphatic heterocycles. The molecular weight excluding hydrogens is 259 g/mol. The molecule has 1 amide bonds. The van der Waals surface area contributed by atoms with Crippen LogP contribution in [0.2, 0.25) is 0 Å². The third-order valence-electron chi connectivity index (χ3n) is 3.30. The fraction of sp³-hybridized carbons (Fsp3) is 0.533. The SMILES string of the molecule is CCCOCCCN1C(=O)CNC1c1ccc(F)cc1. The number of carbonyl (C=O) groups excluding carboxylic acids is 1. The Bertz CT molecular complexity index is 436. The topological polar surface area (TPSA) is 41.6 Å². The summed E-state index contributed by atoms with van der Waals surface area (Å²) in [6.07, 6.45) is 1.65. The van der Waals surface area contributed by atoms with Crippen LogP contribution in [0.15, 0.2) is 24.3 Å². The average Bonchev–Trinajstić information content (AvgIpc) is 2.81. The summed E-state index contributed by atoms with van der Waals surface area (Å²) in [5.41, 5.74) is 0.909. The van der Waals surface area contributed by atoms with Crippen LogP contribution in [0.4, 0.5) is 4.39 Å². The molecule has 4 nitrogen and oxygen atoms in total. The van der Waals surface area contributed by atoms with Gasteiger partial charge in [0.25, 0.3) is 0 Å². The van der Waals surface area contributed by atoms with E-state index in [-0.39, 0.29) is 17.9 Å². The summed E-state index contributed by atoms with van der Waals surface area (Å²) in [5, 5.41) is 3.16. The second-order valence-electron chi connectivity index (χ2n) is 4.89. The van der Waals surface area contributed by atoms with Gasteiger partial charge in [-0.15, -0.1) is 0 Å². The molecule has 5 heteroatoms. The maximum absolute atomic E-state index is 13.0. The van der Waals surface area contributed by atoms with E-state index in [0.717, 1.165) is 25.0 Å². The maximum atomic E-state index is 13.0. The molecule has 110 valence electrons. The van der Waals surface area contributed by atoms with Gasteiger partial charge in [-0.1, -0.05) is 19.1 Å². The van der Waals surface area contributed by atoms with Crippen molar-refractivity contribution in [3.05, 3.63) is 35.6 Å². The molecule has 1 aliphatic rings. The van der Waals surface area contributed by atoms with Crippen molar-refractivity contribution in [2.75, 3.05) is 26.3 Å². The minimum Gasteiger partial charge on any atom is -0.381 e. The number of ether oxygens (including phenoxy) is 1. The number of hydrogen-bond donors (Lipinski definition) is 1. The molecular formula is C15H21FN2O2. The van der Waals surface area contributed by atoms with Crippen LogP contribution in [-0.4, -0.2) is 37.1 Å². The summed E-state index contributed by atoms with van der Waals surface area (Å²) in [4.78, 5) is 13.7. The van der Waals surface area contributed by atoms with Crippen LogP contribution in [0.25, 0.3) is 0 Å². The number of amides is 1. The van der Waals surface area contributed by atoms with Crippen molar-refractivity contribution in [3.8, 4) is 0 Å². The predicted molar refractivity (Wildman–Crippen MR) is 74.6 cm³/mol. The summed E-state index contributed by atoms with van der Waals surface area (Å²) in [6, 6.07) is 6.27. The lowest BCUT2D eigenvalue weighted by Gasteiger charge is -2.24. The van der Waals surface area contributed by atoms with Gasteiger partial charge in [-0.25, -0.2) is 4.39 Å². The Morgan fingerprint density at radius 1 is 1.35 bits per heavy atom. The van der Waals surface area contributed by atoms with Gasteiger partial charge in [0.15, 0.2) is 0 Å². The molecule has 1 atom stereocenters. The van der Waals surface area contributed by atoms with E-state index in [2.05, 4.69) is 12.2 Å². The molecule has 1 heterocycles. The van der Waals surface area contributed by atoms with Crippen LogP contribution in [0.1, 0.15) is 31.5 Å². The van der Waals surface area contributed by atoms with Crippen molar-refractivity contribution in [3.63, 3.8) is 0 Å². The van der Waals surface area contributed by atoms with Gasteiger partial charge >= 0.3 is 0 Å². The third kappa shape index (κ3) is 3.77. The quantitative estimate of drug-likeness (QED) is 0.777. The summed E-state index contributed by atoms with van der Waals surface area (Å²) in [6.45, 7) is 4.47. The molecule has 1 saturated heterocycles. The lowest BCUT2D eigenvalue weighted by atomic mass is 10.1. The second-order valence-corrected chi connectivity index (χ2v) is 4.89. The fourth-order valence-electron chi connectivity index (χ4n) is 2.32. The highest BCUT2D eigenvalue weighted by molar-refractivity contribution is 5.80. The van der Waals surface area contributed by atoms with E-state index in [1.54, 1.807) is 17.0 Å². The number of benzene rings is 1. The summed E-state index contributed by atoms with van der Waals surface area (Å²) in [5.74, 6) is -0.188. The Balaban J connectivity index is 1.91. The fourth-order valence-corrected chi connectivity index (χ4v) is 2.32. The van der Waals surface area contributed by atoms with Gasteiger partial charge in [0.05, 0.1) is 6.54 Å². The summed E-state index contributed by atoms with van der Waals surface area (Å²) < 4.78 is 18.4. The average molecular weight is 280 g/mol. The Morgan fingerprint density at radius 3 is 2.80 bits per heavy atom. The highest BCUT2D eigenvalue weighted by Gasteiger charge is 2.30. The number of nitrogens with one attached hydrogen (secondary N) is 1. The number of hydrogen-bond acceptors (Lipinski definition) is 3. The molecule has 1 unspecified atom stereocenters. The second kappa shape index (κ2) is 7.36. The van der Waals surface area contributed by atoms with Gasteiger partial charge in [0.2, 0.25) is 5.91 Å². The molecule has 20 heavy (non-hydrogen) atoms. The monoisotopic (exact) mass is 280 g/mol. The first-order valence-corrected chi connectivity index (χ1v) is 7.08. The first-order chi connectivity index (χ1) is 9.72. The van der Waals surface area contributed by atoms with Crippen molar-refractivity contribution < 1.29 is 13.9 Å². The zero-order chi connectivity index (χ0) is 14.4. The Morgan fingerprint density at radius 2 is 2.10 bits per heavy atom. The van der Waals surface area contributed by atoms with Crippen molar-refractivity contribution in [2.45, 2.75) is 25.9 Å². The highest BCUT2D eigenvalue weighted by atomic mass is 19.1. The molecule has 0 bridgehead atoms. The van der Waals surface area contributed by atoms with Crippen LogP contribution >= 0.6 is 0 Å². The third-order valence-corrected chi connectivity index (χ3v) is 3.30. The standard InChI is InChI=1S/C15H21FN2O2/c1-2-9-20-10-3-8-18-14(19)11-17-15(18)12-4-6-13(16)7-5-12/h4-7,15,17H,2-3,8-11H2,1H3. The van der Waals surface area contributed by atoms with E-state index in [9.17, 15) is 9.18 Å². The van der Waals surface area contributed by atoms with E-state index < -0.39 is 0 Å². The highest BCUT2D eigenvalue weighted by Crippen LogP contribution is 2.22. The molecule has 1 aromatic rings. The molecule has 0 saturated carbocycles. The van der Waals surface area contributed by atoms with Crippen molar-refractivity contribution >= 4 is 5.91 Å². The summed E-state index contributed by atoms with van der Waals surface area (Å²) in [7, 11) is 0. The number of nitrogens with zero attached hydrogens (tertiary/aromatic N) is 1. The van der Waals surface area contributed by atoms with Gasteiger partial charge in [-0.2, -0.15) is 0 Å². The number of halogens is 1. The van der Waals surface area contributed by atoms with E-state index >= 15 is 0 Å². The van der Waals surface area contributed by atoms with Crippen LogP contribution in [0, 0.1) is 5.82 Å². The Labute approximate surface area is 118 Å². The maximum Gasteiger partial charge on any atom is 0.238 e. The van der Waals surface area contributed by atoms with Crippen molar-refractivity contribution in [1.82, 2.24) is 10.2 Å². The predicted octanol–water partition coefficient (Wildman–Crippen LogP) is 2.07. The van der Waals surface area contributed by atoms with Gasteiger partial charge in [-0.05, 0) is 30.5 Å². The number of carbonyl (C=O) groups is 1. The van der Waals surface area contributed by atoms with Crippen LogP contribution in [-0.2, 0) is 9.53 Å². The first kappa shape index (κ1) is 14.9. The summed E-state index contributed by atoms with van der Waals surface area (Å²) >= 11 is 0.